The largest absolute Gasteiger partial charge is 0.396 e. The first-order valence-corrected chi connectivity index (χ1v) is 11.5. The Bertz CT molecular complexity index is 547. The maximum absolute atomic E-state index is 13.2. The summed E-state index contributed by atoms with van der Waals surface area (Å²) in [6, 6.07) is 0.497. The van der Waals surface area contributed by atoms with Crippen molar-refractivity contribution in [3.63, 3.8) is 0 Å². The van der Waals surface area contributed by atoms with Crippen molar-refractivity contribution in [1.82, 2.24) is 10.2 Å². The molecular weight excluding hydrogens is 352 g/mol. The van der Waals surface area contributed by atoms with Gasteiger partial charge in [0.25, 0.3) is 5.91 Å². The standard InChI is InChI=1S/C22H40N4O2/c1-26-20(28)22(25-21(26)23,12-11-17-7-3-2-4-8-17)16-18-9-5-10-19(15-18)24-13-6-14-27/h17-19,24,27H,2-16H2,1H3,(H2,23,25)/t18-,19-,22+/m0/s1. The third kappa shape index (κ3) is 5.26. The molecule has 1 amide bonds. The van der Waals surface area contributed by atoms with Gasteiger partial charge < -0.3 is 16.2 Å². The molecule has 6 nitrogen and oxygen atoms in total. The molecule has 0 aromatic carbocycles. The van der Waals surface area contributed by atoms with E-state index in [1.165, 1.54) is 51.4 Å². The molecule has 0 unspecified atom stereocenters. The lowest BCUT2D eigenvalue weighted by atomic mass is 9.74. The Kier molecular flexibility index (Phi) is 7.75. The Labute approximate surface area is 170 Å². The molecule has 0 bridgehead atoms. The molecule has 160 valence electrons. The number of hydrogen-bond acceptors (Lipinski definition) is 5. The van der Waals surface area contributed by atoms with E-state index in [1.54, 1.807) is 11.9 Å². The zero-order valence-corrected chi connectivity index (χ0v) is 17.7. The smallest absolute Gasteiger partial charge is 0.257 e. The number of aliphatic hydroxyl groups is 1. The highest BCUT2D eigenvalue weighted by atomic mass is 16.3. The Balaban J connectivity index is 1.63. The first-order chi connectivity index (χ1) is 13.5. The van der Waals surface area contributed by atoms with Crippen molar-refractivity contribution in [3.8, 4) is 0 Å². The second kappa shape index (κ2) is 10.1. The lowest BCUT2D eigenvalue weighted by Crippen LogP contribution is -2.45. The fourth-order valence-corrected chi connectivity index (χ4v) is 5.60. The third-order valence-electron chi connectivity index (χ3n) is 7.24. The summed E-state index contributed by atoms with van der Waals surface area (Å²) >= 11 is 0. The molecule has 0 saturated heterocycles. The summed E-state index contributed by atoms with van der Waals surface area (Å²) < 4.78 is 0. The highest BCUT2D eigenvalue weighted by Crippen LogP contribution is 2.40. The molecule has 28 heavy (non-hydrogen) atoms. The summed E-state index contributed by atoms with van der Waals surface area (Å²) in [6.45, 7) is 1.11. The van der Waals surface area contributed by atoms with Crippen molar-refractivity contribution < 1.29 is 9.90 Å². The first kappa shape index (κ1) is 21.6. The van der Waals surface area contributed by atoms with E-state index >= 15 is 0 Å². The third-order valence-corrected chi connectivity index (χ3v) is 7.24. The van der Waals surface area contributed by atoms with Crippen molar-refractivity contribution in [1.29, 1.82) is 0 Å². The average molecular weight is 393 g/mol. The highest BCUT2D eigenvalue weighted by molar-refractivity contribution is 6.06. The van der Waals surface area contributed by atoms with Gasteiger partial charge in [-0.15, -0.1) is 0 Å². The van der Waals surface area contributed by atoms with Crippen LogP contribution in [0, 0.1) is 11.8 Å². The summed E-state index contributed by atoms with van der Waals surface area (Å²) in [6.07, 6.45) is 14.9. The van der Waals surface area contributed by atoms with Gasteiger partial charge in [-0.3, -0.25) is 9.69 Å². The van der Waals surface area contributed by atoms with E-state index in [2.05, 4.69) is 5.32 Å². The van der Waals surface area contributed by atoms with E-state index in [0.717, 1.165) is 44.6 Å². The predicted molar refractivity (Wildman–Crippen MR) is 113 cm³/mol. The normalized spacial score (nSPS) is 32.0. The topological polar surface area (TPSA) is 91.0 Å². The highest BCUT2D eigenvalue weighted by Gasteiger charge is 2.47. The van der Waals surface area contributed by atoms with Gasteiger partial charge in [0.1, 0.15) is 5.54 Å². The Morgan fingerprint density at radius 2 is 1.93 bits per heavy atom. The van der Waals surface area contributed by atoms with Crippen molar-refractivity contribution in [2.45, 2.75) is 95.1 Å². The second-order valence-electron chi connectivity index (χ2n) is 9.37. The molecule has 2 aliphatic carbocycles. The number of aliphatic imine (C=N–C) groups is 1. The Hall–Kier alpha value is -1.14. The van der Waals surface area contributed by atoms with Crippen molar-refractivity contribution in [2.75, 3.05) is 20.2 Å². The number of amides is 1. The van der Waals surface area contributed by atoms with Gasteiger partial charge in [-0.2, -0.15) is 0 Å². The molecule has 0 spiro atoms. The quantitative estimate of drug-likeness (QED) is 0.526. The molecule has 0 radical (unpaired) electrons. The summed E-state index contributed by atoms with van der Waals surface area (Å²) in [5, 5.41) is 12.6. The molecule has 0 aromatic heterocycles. The summed E-state index contributed by atoms with van der Waals surface area (Å²) in [5.41, 5.74) is 5.45. The summed E-state index contributed by atoms with van der Waals surface area (Å²) in [5.74, 6) is 1.76. The summed E-state index contributed by atoms with van der Waals surface area (Å²) in [7, 11) is 1.77. The van der Waals surface area contributed by atoms with Crippen LogP contribution in [0.2, 0.25) is 0 Å². The SMILES string of the molecule is CN1C(=O)[C@@](CCC2CCCCC2)(C[C@H]2CCC[C@H](NCCCO)C2)N=C1N. The molecule has 3 rings (SSSR count). The number of rotatable bonds is 9. The minimum atomic E-state index is -0.631. The molecule has 0 aromatic rings. The number of carbonyl (C=O) groups excluding carboxylic acids is 1. The molecule has 3 atom stereocenters. The Morgan fingerprint density at radius 3 is 2.61 bits per heavy atom. The molecule has 1 heterocycles. The van der Waals surface area contributed by atoms with E-state index < -0.39 is 5.54 Å². The maximum Gasteiger partial charge on any atom is 0.257 e. The molecule has 1 aliphatic heterocycles. The second-order valence-corrected chi connectivity index (χ2v) is 9.37. The lowest BCUT2D eigenvalue weighted by Gasteiger charge is -2.35. The van der Waals surface area contributed by atoms with Crippen LogP contribution in [0.5, 0.6) is 0 Å². The minimum Gasteiger partial charge on any atom is -0.396 e. The fourth-order valence-electron chi connectivity index (χ4n) is 5.60. The number of hydrogen-bond donors (Lipinski definition) is 3. The molecule has 6 heteroatoms. The number of carbonyl (C=O) groups is 1. The molecule has 4 N–H and O–H groups in total. The van der Waals surface area contributed by atoms with Crippen LogP contribution in [0.3, 0.4) is 0 Å². The summed E-state index contributed by atoms with van der Waals surface area (Å²) in [4.78, 5) is 19.5. The zero-order valence-electron chi connectivity index (χ0n) is 17.7. The monoisotopic (exact) mass is 392 g/mol. The van der Waals surface area contributed by atoms with Gasteiger partial charge in [0.05, 0.1) is 0 Å². The minimum absolute atomic E-state index is 0.108. The van der Waals surface area contributed by atoms with Gasteiger partial charge in [0.15, 0.2) is 5.96 Å². The number of nitrogens with two attached hydrogens (primary N) is 1. The molecular formula is C22H40N4O2. The molecule has 2 saturated carbocycles. The zero-order chi connectivity index (χ0) is 20.0. The van der Waals surface area contributed by atoms with Crippen LogP contribution in [0.4, 0.5) is 0 Å². The Morgan fingerprint density at radius 1 is 1.18 bits per heavy atom. The van der Waals surface area contributed by atoms with E-state index in [0.29, 0.717) is 17.9 Å². The number of nitrogens with zero attached hydrogens (tertiary/aromatic N) is 2. The van der Waals surface area contributed by atoms with Gasteiger partial charge >= 0.3 is 0 Å². The van der Waals surface area contributed by atoms with Gasteiger partial charge in [-0.25, -0.2) is 4.99 Å². The predicted octanol–water partition coefficient (Wildman–Crippen LogP) is 2.79. The van der Waals surface area contributed by atoms with E-state index in [9.17, 15) is 4.79 Å². The van der Waals surface area contributed by atoms with Crippen LogP contribution in [0.25, 0.3) is 0 Å². The fraction of sp³-hybridized carbons (Fsp3) is 0.909. The number of nitrogens with one attached hydrogen (secondary N) is 1. The number of guanidine groups is 1. The van der Waals surface area contributed by atoms with Crippen LogP contribution in [0.15, 0.2) is 4.99 Å². The van der Waals surface area contributed by atoms with Crippen LogP contribution < -0.4 is 11.1 Å². The van der Waals surface area contributed by atoms with Gasteiger partial charge in [-0.05, 0) is 56.9 Å². The van der Waals surface area contributed by atoms with Gasteiger partial charge in [-0.1, -0.05) is 44.9 Å². The van der Waals surface area contributed by atoms with E-state index in [4.69, 9.17) is 15.8 Å². The van der Waals surface area contributed by atoms with Crippen molar-refractivity contribution >= 4 is 11.9 Å². The van der Waals surface area contributed by atoms with Gasteiger partial charge in [0, 0.05) is 19.7 Å². The molecule has 2 fully saturated rings. The van der Waals surface area contributed by atoms with E-state index in [1.807, 2.05) is 0 Å². The van der Waals surface area contributed by atoms with Crippen molar-refractivity contribution in [3.05, 3.63) is 0 Å². The van der Waals surface area contributed by atoms with Gasteiger partial charge in [0.2, 0.25) is 0 Å². The van der Waals surface area contributed by atoms with Crippen LogP contribution in [-0.4, -0.2) is 53.7 Å². The number of aliphatic hydroxyl groups excluding tert-OH is 1. The molecule has 3 aliphatic rings. The first-order valence-electron chi connectivity index (χ1n) is 11.5. The van der Waals surface area contributed by atoms with Crippen LogP contribution in [0.1, 0.15) is 83.5 Å². The van der Waals surface area contributed by atoms with Crippen LogP contribution in [-0.2, 0) is 4.79 Å². The van der Waals surface area contributed by atoms with E-state index in [-0.39, 0.29) is 12.5 Å². The van der Waals surface area contributed by atoms with Crippen LogP contribution >= 0.6 is 0 Å². The average Bonchev–Trinajstić information content (AvgIpc) is 2.92. The lowest BCUT2D eigenvalue weighted by molar-refractivity contribution is -0.131. The van der Waals surface area contributed by atoms with Crippen molar-refractivity contribution in [2.24, 2.45) is 22.6 Å². The maximum atomic E-state index is 13.2. The number of likely N-dealkylation sites (N-methyl/N-ethyl adjacent to an activating group) is 1.